The molecule has 0 amide bonds. The number of rotatable bonds is 2. The highest BCUT2D eigenvalue weighted by Crippen LogP contribution is 2.25. The van der Waals surface area contributed by atoms with Crippen LogP contribution >= 0.6 is 0 Å². The van der Waals surface area contributed by atoms with Gasteiger partial charge in [-0.2, -0.15) is 0 Å². The lowest BCUT2D eigenvalue weighted by Gasteiger charge is -2.15. The first-order chi connectivity index (χ1) is 12.5. The van der Waals surface area contributed by atoms with Crippen molar-refractivity contribution in [1.29, 1.82) is 0 Å². The predicted molar refractivity (Wildman–Crippen MR) is 114 cm³/mol. The SMILES string of the molecule is C=c1c2ccc(C)c3cccc(c(=O)n1CCC)c32.CC1CCCCC1. The van der Waals surface area contributed by atoms with Crippen LogP contribution < -0.4 is 10.9 Å². The summed E-state index contributed by atoms with van der Waals surface area (Å²) in [5, 5.41) is 4.93. The Balaban J connectivity index is 0.000000236. The predicted octanol–water partition coefficient (Wildman–Crippen LogP) is 5.59. The number of aryl methyl sites for hydroxylation is 1. The summed E-state index contributed by atoms with van der Waals surface area (Å²) >= 11 is 0. The maximum absolute atomic E-state index is 12.6. The van der Waals surface area contributed by atoms with Crippen molar-refractivity contribution in [1.82, 2.24) is 4.57 Å². The van der Waals surface area contributed by atoms with Crippen molar-refractivity contribution in [3.8, 4) is 0 Å². The molecule has 1 aliphatic carbocycles. The first-order valence-corrected chi connectivity index (χ1v) is 10.1. The average molecular weight is 350 g/mol. The van der Waals surface area contributed by atoms with Crippen molar-refractivity contribution in [3.05, 3.63) is 51.6 Å². The lowest BCUT2D eigenvalue weighted by atomic mass is 9.91. The van der Waals surface area contributed by atoms with Gasteiger partial charge in [0.1, 0.15) is 0 Å². The van der Waals surface area contributed by atoms with Crippen LogP contribution in [0.2, 0.25) is 0 Å². The van der Waals surface area contributed by atoms with Crippen molar-refractivity contribution in [2.45, 2.75) is 65.8 Å². The fraction of sp³-hybridized carbons (Fsp3) is 0.458. The van der Waals surface area contributed by atoms with E-state index in [4.69, 9.17) is 0 Å². The lowest BCUT2D eigenvalue weighted by molar-refractivity contribution is 0.385. The molecule has 0 unspecified atom stereocenters. The number of aromatic nitrogens is 1. The first kappa shape index (κ1) is 18.7. The van der Waals surface area contributed by atoms with Gasteiger partial charge in [0.15, 0.2) is 0 Å². The van der Waals surface area contributed by atoms with Gasteiger partial charge in [-0.1, -0.05) is 76.8 Å². The molecule has 1 aromatic heterocycles. The van der Waals surface area contributed by atoms with Crippen molar-refractivity contribution in [2.75, 3.05) is 0 Å². The molecule has 0 atom stereocenters. The Labute approximate surface area is 156 Å². The van der Waals surface area contributed by atoms with E-state index in [9.17, 15) is 4.79 Å². The fourth-order valence-corrected chi connectivity index (χ4v) is 4.15. The van der Waals surface area contributed by atoms with Crippen molar-refractivity contribution in [3.63, 3.8) is 0 Å². The van der Waals surface area contributed by atoms with Crippen molar-refractivity contribution >= 4 is 28.1 Å². The first-order valence-electron chi connectivity index (χ1n) is 10.1. The molecular formula is C24H31NO. The smallest absolute Gasteiger partial charge is 0.258 e. The van der Waals surface area contributed by atoms with Crippen LogP contribution in [-0.4, -0.2) is 4.57 Å². The molecule has 3 aromatic rings. The summed E-state index contributed by atoms with van der Waals surface area (Å²) < 4.78 is 1.80. The molecule has 0 N–H and O–H groups in total. The Morgan fingerprint density at radius 3 is 2.35 bits per heavy atom. The molecule has 1 heterocycles. The number of pyridine rings is 1. The molecule has 1 fully saturated rings. The third kappa shape index (κ3) is 3.56. The number of hydrogen-bond donors (Lipinski definition) is 0. The minimum Gasteiger partial charge on any atom is -0.308 e. The monoisotopic (exact) mass is 349 g/mol. The zero-order valence-corrected chi connectivity index (χ0v) is 16.5. The van der Waals surface area contributed by atoms with Gasteiger partial charge in [-0.3, -0.25) is 4.79 Å². The summed E-state index contributed by atoms with van der Waals surface area (Å²) in [6, 6.07) is 10.1. The van der Waals surface area contributed by atoms with Crippen LogP contribution in [0.15, 0.2) is 35.1 Å². The summed E-state index contributed by atoms with van der Waals surface area (Å²) in [5.74, 6) is 1.04. The Kier molecular flexibility index (Phi) is 5.80. The highest BCUT2D eigenvalue weighted by atomic mass is 16.1. The van der Waals surface area contributed by atoms with Gasteiger partial charge in [0.05, 0.1) is 0 Å². The third-order valence-corrected chi connectivity index (χ3v) is 5.71. The summed E-state index contributed by atoms with van der Waals surface area (Å²) in [4.78, 5) is 12.6. The third-order valence-electron chi connectivity index (χ3n) is 5.71. The molecule has 0 spiro atoms. The van der Waals surface area contributed by atoms with E-state index in [0.717, 1.165) is 45.8 Å². The van der Waals surface area contributed by atoms with Crippen molar-refractivity contribution in [2.24, 2.45) is 5.92 Å². The van der Waals surface area contributed by atoms with Gasteiger partial charge in [0.2, 0.25) is 0 Å². The Bertz CT molecular complexity index is 960. The molecule has 1 saturated carbocycles. The van der Waals surface area contributed by atoms with E-state index in [1.54, 1.807) is 4.57 Å². The largest absolute Gasteiger partial charge is 0.308 e. The minimum atomic E-state index is 0.0792. The minimum absolute atomic E-state index is 0.0792. The fourth-order valence-electron chi connectivity index (χ4n) is 4.15. The maximum Gasteiger partial charge on any atom is 0.258 e. The van der Waals surface area contributed by atoms with Gasteiger partial charge < -0.3 is 4.57 Å². The van der Waals surface area contributed by atoms with E-state index >= 15 is 0 Å². The van der Waals surface area contributed by atoms with Crippen LogP contribution in [0.3, 0.4) is 0 Å². The lowest BCUT2D eigenvalue weighted by Crippen LogP contribution is -2.33. The molecule has 4 rings (SSSR count). The summed E-state index contributed by atoms with van der Waals surface area (Å²) in [5.41, 5.74) is 1.28. The molecule has 0 bridgehead atoms. The van der Waals surface area contributed by atoms with Crippen molar-refractivity contribution < 1.29 is 0 Å². The van der Waals surface area contributed by atoms with Crippen LogP contribution in [0.5, 0.6) is 0 Å². The molecule has 0 radical (unpaired) electrons. The average Bonchev–Trinajstić information content (AvgIpc) is 2.65. The molecule has 138 valence electrons. The molecule has 0 aliphatic heterocycles. The molecule has 2 aromatic carbocycles. The molecule has 26 heavy (non-hydrogen) atoms. The van der Waals surface area contributed by atoms with Gasteiger partial charge in [-0.05, 0) is 36.3 Å². The molecular weight excluding hydrogens is 318 g/mol. The zero-order chi connectivity index (χ0) is 18.7. The Morgan fingerprint density at radius 2 is 1.73 bits per heavy atom. The molecule has 2 heteroatoms. The molecule has 1 aliphatic rings. The number of hydrogen-bond acceptors (Lipinski definition) is 1. The summed E-state index contributed by atoms with van der Waals surface area (Å²) in [7, 11) is 0. The number of nitrogens with zero attached hydrogens (tertiary/aromatic N) is 1. The quantitative estimate of drug-likeness (QED) is 0.591. The highest BCUT2D eigenvalue weighted by molar-refractivity contribution is 6.10. The second-order valence-electron chi connectivity index (χ2n) is 7.80. The van der Waals surface area contributed by atoms with E-state index < -0.39 is 0 Å². The maximum atomic E-state index is 12.6. The normalized spacial score (nSPS) is 15.2. The standard InChI is InChI=1S/C17H17NO.C7H14/c1-4-10-18-12(3)14-9-8-11(2)13-6-5-7-15(16(13)14)17(18)19;1-7-5-3-2-4-6-7/h5-9H,3-4,10H2,1-2H3;7H,2-6H2,1H3. The Hall–Kier alpha value is -2.09. The van der Waals surface area contributed by atoms with E-state index in [0.29, 0.717) is 0 Å². The van der Waals surface area contributed by atoms with Crippen LogP contribution in [0.4, 0.5) is 0 Å². The molecule has 0 saturated heterocycles. The number of benzene rings is 2. The highest BCUT2D eigenvalue weighted by Gasteiger charge is 2.11. The van der Waals surface area contributed by atoms with E-state index in [1.165, 1.54) is 37.7 Å². The second kappa shape index (κ2) is 8.07. The summed E-state index contributed by atoms with van der Waals surface area (Å²) in [6.45, 7) is 11.4. The van der Waals surface area contributed by atoms with Gasteiger partial charge in [-0.15, -0.1) is 0 Å². The van der Waals surface area contributed by atoms with Gasteiger partial charge in [0, 0.05) is 28.1 Å². The Morgan fingerprint density at radius 1 is 1.04 bits per heavy atom. The van der Waals surface area contributed by atoms with Crippen LogP contribution in [0, 0.1) is 12.8 Å². The van der Waals surface area contributed by atoms with Gasteiger partial charge in [-0.25, -0.2) is 0 Å². The summed E-state index contributed by atoms with van der Waals surface area (Å²) in [6.07, 6.45) is 8.37. The van der Waals surface area contributed by atoms with Crippen LogP contribution in [-0.2, 0) is 6.54 Å². The molecule has 2 nitrogen and oxygen atoms in total. The second-order valence-corrected chi connectivity index (χ2v) is 7.80. The topological polar surface area (TPSA) is 22.0 Å². The van der Waals surface area contributed by atoms with E-state index in [2.05, 4.69) is 45.5 Å². The van der Waals surface area contributed by atoms with Crippen LogP contribution in [0.25, 0.3) is 28.1 Å². The van der Waals surface area contributed by atoms with E-state index in [-0.39, 0.29) is 5.56 Å². The van der Waals surface area contributed by atoms with Gasteiger partial charge >= 0.3 is 0 Å². The van der Waals surface area contributed by atoms with Crippen LogP contribution in [0.1, 0.15) is 57.9 Å². The van der Waals surface area contributed by atoms with Gasteiger partial charge in [0.25, 0.3) is 5.56 Å². The van der Waals surface area contributed by atoms with E-state index in [1.807, 2.05) is 12.1 Å². The zero-order valence-electron chi connectivity index (χ0n) is 16.5.